The van der Waals surface area contributed by atoms with Gasteiger partial charge in [-0.15, -0.1) is 0 Å². The predicted molar refractivity (Wildman–Crippen MR) is 102 cm³/mol. The number of hydrogen-bond donors (Lipinski definition) is 0. The molecule has 2 atom stereocenters. The Kier molecular flexibility index (Phi) is 3.84. The lowest BCUT2D eigenvalue weighted by atomic mass is 9.65. The molecular formula is C20H25N3O4. The lowest BCUT2D eigenvalue weighted by molar-refractivity contribution is -0.384. The molecule has 0 radical (unpaired) electrons. The van der Waals surface area contributed by atoms with Gasteiger partial charge in [0.15, 0.2) is 0 Å². The van der Waals surface area contributed by atoms with Gasteiger partial charge in [0, 0.05) is 31.5 Å². The molecule has 3 aliphatic rings. The highest BCUT2D eigenvalue weighted by atomic mass is 16.6. The molecule has 7 nitrogen and oxygen atoms in total. The van der Waals surface area contributed by atoms with Gasteiger partial charge in [-0.1, -0.05) is 20.8 Å². The van der Waals surface area contributed by atoms with Crippen LogP contribution in [-0.4, -0.2) is 29.3 Å². The summed E-state index contributed by atoms with van der Waals surface area (Å²) in [5.74, 6) is -0.596. The number of amides is 2. The molecule has 0 N–H and O–H groups in total. The third-order valence-corrected chi connectivity index (χ3v) is 6.19. The summed E-state index contributed by atoms with van der Waals surface area (Å²) in [4.78, 5) is 38.6. The molecule has 3 fully saturated rings. The third-order valence-electron chi connectivity index (χ3n) is 6.19. The van der Waals surface area contributed by atoms with E-state index in [0.29, 0.717) is 11.4 Å². The van der Waals surface area contributed by atoms with Crippen LogP contribution < -0.4 is 9.80 Å². The molecule has 2 bridgehead atoms. The number of carbonyl (C=O) groups is 2. The summed E-state index contributed by atoms with van der Waals surface area (Å²) in [6.07, 6.45) is 3.48. The van der Waals surface area contributed by atoms with Crippen LogP contribution in [0, 0.1) is 20.9 Å². The van der Waals surface area contributed by atoms with Gasteiger partial charge in [-0.05, 0) is 42.2 Å². The average Bonchev–Trinajstić information content (AvgIpc) is 3.01. The van der Waals surface area contributed by atoms with Crippen LogP contribution >= 0.6 is 0 Å². The van der Waals surface area contributed by atoms with E-state index in [1.54, 1.807) is 12.1 Å². The number of rotatable bonds is 3. The van der Waals surface area contributed by atoms with Gasteiger partial charge in [0.05, 0.1) is 10.6 Å². The van der Waals surface area contributed by atoms with Crippen LogP contribution in [0.15, 0.2) is 18.2 Å². The van der Waals surface area contributed by atoms with Crippen molar-refractivity contribution in [2.24, 2.45) is 10.8 Å². The summed E-state index contributed by atoms with van der Waals surface area (Å²) in [5, 5.41) is 11.8. The second-order valence-corrected chi connectivity index (χ2v) is 9.39. The van der Waals surface area contributed by atoms with Crippen LogP contribution in [0.4, 0.5) is 17.1 Å². The summed E-state index contributed by atoms with van der Waals surface area (Å²) in [7, 11) is 0. The molecule has 1 aliphatic carbocycles. The minimum absolute atomic E-state index is 0.0334. The maximum Gasteiger partial charge on any atom is 0.294 e. The largest absolute Gasteiger partial charge is 0.362 e. The fraction of sp³-hybridized carbons (Fsp3) is 0.600. The molecule has 0 aromatic heterocycles. The van der Waals surface area contributed by atoms with E-state index < -0.39 is 4.92 Å². The van der Waals surface area contributed by atoms with E-state index >= 15 is 0 Å². The number of hydrogen-bond acceptors (Lipinski definition) is 5. The minimum Gasteiger partial charge on any atom is -0.362 e. The monoisotopic (exact) mass is 371 g/mol. The maximum atomic E-state index is 12.0. The van der Waals surface area contributed by atoms with Crippen molar-refractivity contribution in [3.8, 4) is 0 Å². The summed E-state index contributed by atoms with van der Waals surface area (Å²) < 4.78 is 0. The highest BCUT2D eigenvalue weighted by molar-refractivity contribution is 6.20. The molecule has 144 valence electrons. The summed E-state index contributed by atoms with van der Waals surface area (Å²) >= 11 is 0. The van der Waals surface area contributed by atoms with Gasteiger partial charge >= 0.3 is 0 Å². The number of nitro benzene ring substituents is 1. The Balaban J connectivity index is 1.73. The van der Waals surface area contributed by atoms with E-state index in [1.165, 1.54) is 6.07 Å². The van der Waals surface area contributed by atoms with E-state index in [9.17, 15) is 19.7 Å². The van der Waals surface area contributed by atoms with E-state index in [-0.39, 0.29) is 47.2 Å². The zero-order valence-corrected chi connectivity index (χ0v) is 16.0. The molecule has 27 heavy (non-hydrogen) atoms. The Morgan fingerprint density at radius 3 is 2.41 bits per heavy atom. The number of nitrogens with zero attached hydrogens (tertiary/aromatic N) is 3. The molecule has 2 heterocycles. The summed E-state index contributed by atoms with van der Waals surface area (Å²) in [5.41, 5.74) is 1.23. The first-order valence-electron chi connectivity index (χ1n) is 9.50. The molecule has 2 aliphatic heterocycles. The first kappa shape index (κ1) is 17.9. The number of fused-ring (bicyclic) bond motifs is 2. The fourth-order valence-corrected chi connectivity index (χ4v) is 5.65. The fourth-order valence-electron chi connectivity index (χ4n) is 5.65. The zero-order valence-electron chi connectivity index (χ0n) is 16.0. The van der Waals surface area contributed by atoms with Crippen LogP contribution in [0.1, 0.15) is 52.9 Å². The molecule has 7 heteroatoms. The number of nitro groups is 1. The number of anilines is 2. The lowest BCUT2D eigenvalue weighted by Crippen LogP contribution is -2.35. The van der Waals surface area contributed by atoms with Crippen molar-refractivity contribution in [3.05, 3.63) is 28.3 Å². The van der Waals surface area contributed by atoms with E-state index in [4.69, 9.17) is 0 Å². The molecular weight excluding hydrogens is 346 g/mol. The van der Waals surface area contributed by atoms with Gasteiger partial charge in [-0.3, -0.25) is 24.6 Å². The van der Waals surface area contributed by atoms with Gasteiger partial charge in [0.25, 0.3) is 5.69 Å². The standard InChI is InChI=1S/C20H25N3O4/c1-19(2)9-14-10-20(3,11-19)12-21(14)15-5-4-13(8-16(15)23(26)27)22-17(24)6-7-18(22)25/h4-5,8,14H,6-7,9-12H2,1-3H3. The van der Waals surface area contributed by atoms with Crippen LogP contribution in [0.5, 0.6) is 0 Å². The number of imide groups is 1. The van der Waals surface area contributed by atoms with Crippen molar-refractivity contribution < 1.29 is 14.5 Å². The topological polar surface area (TPSA) is 83.8 Å². The predicted octanol–water partition coefficient (Wildman–Crippen LogP) is 3.65. The highest BCUT2D eigenvalue weighted by Crippen LogP contribution is 2.54. The molecule has 2 saturated heterocycles. The number of benzene rings is 1. The van der Waals surface area contributed by atoms with Crippen molar-refractivity contribution in [2.75, 3.05) is 16.3 Å². The number of carbonyl (C=O) groups excluding carboxylic acids is 2. The highest BCUT2D eigenvalue weighted by Gasteiger charge is 2.50. The van der Waals surface area contributed by atoms with Gasteiger partial charge < -0.3 is 4.90 Å². The van der Waals surface area contributed by atoms with Crippen molar-refractivity contribution in [3.63, 3.8) is 0 Å². The van der Waals surface area contributed by atoms with Gasteiger partial charge in [-0.2, -0.15) is 0 Å². The van der Waals surface area contributed by atoms with Gasteiger partial charge in [-0.25, -0.2) is 0 Å². The SMILES string of the molecule is CC1(C)CC2CC(C)(CN2c2ccc(N3C(=O)CCC3=O)cc2[N+](=O)[O-])C1. The van der Waals surface area contributed by atoms with Crippen molar-refractivity contribution in [2.45, 2.75) is 58.9 Å². The normalized spacial score (nSPS) is 29.5. The van der Waals surface area contributed by atoms with E-state index in [2.05, 4.69) is 25.7 Å². The van der Waals surface area contributed by atoms with Crippen LogP contribution in [0.25, 0.3) is 0 Å². The van der Waals surface area contributed by atoms with Crippen molar-refractivity contribution in [1.82, 2.24) is 0 Å². The summed E-state index contributed by atoms with van der Waals surface area (Å²) in [6, 6.07) is 5.04. The zero-order chi connectivity index (χ0) is 19.6. The quantitative estimate of drug-likeness (QED) is 0.460. The first-order chi connectivity index (χ1) is 12.6. The van der Waals surface area contributed by atoms with Crippen LogP contribution in [-0.2, 0) is 9.59 Å². The first-order valence-corrected chi connectivity index (χ1v) is 9.50. The second kappa shape index (κ2) is 5.78. The van der Waals surface area contributed by atoms with Gasteiger partial charge in [0.2, 0.25) is 11.8 Å². The van der Waals surface area contributed by atoms with E-state index in [1.807, 2.05) is 0 Å². The molecule has 1 aromatic rings. The Hall–Kier alpha value is -2.44. The molecule has 1 saturated carbocycles. The molecule has 0 spiro atoms. The second-order valence-electron chi connectivity index (χ2n) is 9.39. The van der Waals surface area contributed by atoms with Crippen LogP contribution in [0.3, 0.4) is 0 Å². The molecule has 2 amide bonds. The molecule has 4 rings (SSSR count). The molecule has 2 unspecified atom stereocenters. The maximum absolute atomic E-state index is 12.0. The Morgan fingerprint density at radius 1 is 1.11 bits per heavy atom. The minimum atomic E-state index is -0.403. The Morgan fingerprint density at radius 2 is 1.78 bits per heavy atom. The lowest BCUT2D eigenvalue weighted by Gasteiger charge is -2.39. The third kappa shape index (κ3) is 2.99. The Labute approximate surface area is 158 Å². The smallest absolute Gasteiger partial charge is 0.294 e. The van der Waals surface area contributed by atoms with E-state index in [0.717, 1.165) is 30.7 Å². The van der Waals surface area contributed by atoms with Gasteiger partial charge in [0.1, 0.15) is 5.69 Å². The Bertz CT molecular complexity index is 834. The average molecular weight is 371 g/mol. The van der Waals surface area contributed by atoms with Crippen LogP contribution in [0.2, 0.25) is 0 Å². The van der Waals surface area contributed by atoms with Crippen molar-refractivity contribution >= 4 is 28.9 Å². The summed E-state index contributed by atoms with van der Waals surface area (Å²) in [6.45, 7) is 7.59. The molecule has 1 aromatic carbocycles. The van der Waals surface area contributed by atoms with Crippen molar-refractivity contribution in [1.29, 1.82) is 0 Å².